The van der Waals surface area contributed by atoms with E-state index in [0.29, 0.717) is 30.0 Å². The second-order valence-electron chi connectivity index (χ2n) is 9.31. The van der Waals surface area contributed by atoms with Crippen molar-refractivity contribution in [2.24, 2.45) is 0 Å². The van der Waals surface area contributed by atoms with Crippen molar-refractivity contribution in [1.82, 2.24) is 20.5 Å². The van der Waals surface area contributed by atoms with Crippen LogP contribution in [0.15, 0.2) is 30.5 Å². The highest BCUT2D eigenvalue weighted by atomic mass is 32.1. The average Bonchev–Trinajstić information content (AvgIpc) is 3.53. The van der Waals surface area contributed by atoms with Crippen molar-refractivity contribution in [2.45, 2.75) is 69.8 Å². The van der Waals surface area contributed by atoms with Crippen LogP contribution in [0.2, 0.25) is 0 Å². The third-order valence-electron chi connectivity index (χ3n) is 6.94. The number of hydrogen-bond donors (Lipinski definition) is 3. The van der Waals surface area contributed by atoms with Crippen LogP contribution in [0, 0.1) is 0 Å². The number of hydrogen-bond acceptors (Lipinski definition) is 6. The summed E-state index contributed by atoms with van der Waals surface area (Å²) in [5.41, 5.74) is -0.0401. The number of benzene rings is 1. The molecule has 184 valence electrons. The van der Waals surface area contributed by atoms with Gasteiger partial charge in [0.25, 0.3) is 5.91 Å². The maximum Gasteiger partial charge on any atom is 0.251 e. The smallest absolute Gasteiger partial charge is 0.251 e. The number of aryl methyl sites for hydroxylation is 1. The molecule has 1 aromatic heterocycles. The number of amides is 2. The van der Waals surface area contributed by atoms with Gasteiger partial charge >= 0.3 is 0 Å². The van der Waals surface area contributed by atoms with Crippen molar-refractivity contribution >= 4 is 23.2 Å². The molecule has 1 saturated carbocycles. The molecule has 7 nitrogen and oxygen atoms in total. The first-order valence-corrected chi connectivity index (χ1v) is 12.9. The van der Waals surface area contributed by atoms with E-state index in [2.05, 4.69) is 27.4 Å². The van der Waals surface area contributed by atoms with E-state index in [1.807, 2.05) is 6.20 Å². The third-order valence-corrected chi connectivity index (χ3v) is 8.27. The molecule has 1 aliphatic heterocycles. The second kappa shape index (κ2) is 10.9. The monoisotopic (exact) mass is 488 g/mol. The number of aromatic nitrogens is 1. The van der Waals surface area contributed by atoms with Gasteiger partial charge in [-0.1, -0.05) is 19.1 Å². The van der Waals surface area contributed by atoms with Crippen molar-refractivity contribution in [3.8, 4) is 0 Å². The normalized spacial score (nSPS) is 25.3. The summed E-state index contributed by atoms with van der Waals surface area (Å²) in [6.45, 7) is 3.04. The standard InChI is InChI=1S/C25H33FN4O3S/c1-2-21-14-28-24(34-21)25(33)9-6-20(7-10-25)30-11-8-19(16-30)29-22(31)15-27-23(32)18-5-3-4-17(12-18)13-26/h3-5,12,14,19-20,33H,2,6-11,13,15-16H2,1H3,(H,27,32)(H,29,31)/t19-,20?,25?/m1/s1. The van der Waals surface area contributed by atoms with Gasteiger partial charge in [-0.25, -0.2) is 9.37 Å². The molecular formula is C25H33FN4O3S. The number of carbonyl (C=O) groups excluding carboxylic acids is 2. The fourth-order valence-corrected chi connectivity index (χ4v) is 5.92. The predicted octanol–water partition coefficient (Wildman–Crippen LogP) is 2.93. The summed E-state index contributed by atoms with van der Waals surface area (Å²) in [5, 5.41) is 17.6. The molecule has 1 atom stereocenters. The minimum absolute atomic E-state index is 0.0474. The molecular weight excluding hydrogens is 455 g/mol. The minimum atomic E-state index is -0.816. The lowest BCUT2D eigenvalue weighted by atomic mass is 9.82. The molecule has 0 radical (unpaired) electrons. The minimum Gasteiger partial charge on any atom is -0.383 e. The molecule has 0 spiro atoms. The molecule has 0 unspecified atom stereocenters. The third kappa shape index (κ3) is 5.82. The summed E-state index contributed by atoms with van der Waals surface area (Å²) in [5.74, 6) is -0.616. The predicted molar refractivity (Wildman–Crippen MR) is 129 cm³/mol. The Hall–Kier alpha value is -2.36. The molecule has 2 heterocycles. The van der Waals surface area contributed by atoms with Gasteiger partial charge in [-0.05, 0) is 56.2 Å². The highest BCUT2D eigenvalue weighted by molar-refractivity contribution is 7.11. The van der Waals surface area contributed by atoms with Crippen LogP contribution in [0.25, 0.3) is 0 Å². The van der Waals surface area contributed by atoms with E-state index in [1.165, 1.54) is 10.9 Å². The average molecular weight is 489 g/mol. The molecule has 1 saturated heterocycles. The van der Waals surface area contributed by atoms with Gasteiger partial charge in [-0.2, -0.15) is 0 Å². The van der Waals surface area contributed by atoms with Crippen LogP contribution < -0.4 is 10.6 Å². The van der Waals surface area contributed by atoms with Gasteiger partial charge in [0.1, 0.15) is 17.3 Å². The summed E-state index contributed by atoms with van der Waals surface area (Å²) in [6.07, 6.45) is 6.91. The van der Waals surface area contributed by atoms with E-state index in [4.69, 9.17) is 0 Å². The van der Waals surface area contributed by atoms with Gasteiger partial charge in [0.05, 0.1) is 6.54 Å². The van der Waals surface area contributed by atoms with Crippen molar-refractivity contribution in [2.75, 3.05) is 19.6 Å². The van der Waals surface area contributed by atoms with Crippen LogP contribution in [-0.4, -0.2) is 58.5 Å². The van der Waals surface area contributed by atoms with Crippen molar-refractivity contribution in [3.05, 3.63) is 51.5 Å². The van der Waals surface area contributed by atoms with Gasteiger partial charge < -0.3 is 15.7 Å². The highest BCUT2D eigenvalue weighted by Crippen LogP contribution is 2.40. The number of aliphatic hydroxyl groups is 1. The number of rotatable bonds is 8. The lowest BCUT2D eigenvalue weighted by Crippen LogP contribution is -2.45. The van der Waals surface area contributed by atoms with Gasteiger partial charge in [-0.15, -0.1) is 11.3 Å². The zero-order valence-corrected chi connectivity index (χ0v) is 20.4. The number of likely N-dealkylation sites (tertiary alicyclic amines) is 1. The zero-order chi connectivity index (χ0) is 24.1. The Bertz CT molecular complexity index is 1010. The number of thiazole rings is 1. The fraction of sp³-hybridized carbons (Fsp3) is 0.560. The van der Waals surface area contributed by atoms with E-state index in [0.717, 1.165) is 43.8 Å². The van der Waals surface area contributed by atoms with E-state index < -0.39 is 12.3 Å². The number of alkyl halides is 1. The van der Waals surface area contributed by atoms with Crippen LogP contribution in [0.5, 0.6) is 0 Å². The highest BCUT2D eigenvalue weighted by Gasteiger charge is 2.40. The Morgan fingerprint density at radius 1 is 1.29 bits per heavy atom. The molecule has 9 heteroatoms. The molecule has 2 aliphatic rings. The van der Waals surface area contributed by atoms with Crippen molar-refractivity contribution in [1.29, 1.82) is 0 Å². The van der Waals surface area contributed by atoms with Gasteiger partial charge in [0, 0.05) is 41.8 Å². The van der Waals surface area contributed by atoms with Gasteiger partial charge in [0.2, 0.25) is 5.91 Å². The first-order chi connectivity index (χ1) is 16.4. The van der Waals surface area contributed by atoms with Gasteiger partial charge in [0.15, 0.2) is 0 Å². The summed E-state index contributed by atoms with van der Waals surface area (Å²) < 4.78 is 12.8. The van der Waals surface area contributed by atoms with E-state index in [1.54, 1.807) is 29.5 Å². The van der Waals surface area contributed by atoms with E-state index in [9.17, 15) is 19.1 Å². The lowest BCUT2D eigenvalue weighted by Gasteiger charge is -2.38. The topological polar surface area (TPSA) is 94.6 Å². The number of nitrogens with one attached hydrogen (secondary N) is 2. The summed E-state index contributed by atoms with van der Waals surface area (Å²) in [4.78, 5) is 32.7. The molecule has 2 aromatic rings. The molecule has 4 rings (SSSR count). The fourth-order valence-electron chi connectivity index (χ4n) is 4.92. The van der Waals surface area contributed by atoms with Crippen LogP contribution in [-0.2, 0) is 23.5 Å². The second-order valence-corrected chi connectivity index (χ2v) is 10.4. The van der Waals surface area contributed by atoms with Crippen LogP contribution in [0.1, 0.15) is 64.8 Å². The summed E-state index contributed by atoms with van der Waals surface area (Å²) >= 11 is 1.62. The Balaban J connectivity index is 1.20. The molecule has 1 aromatic carbocycles. The van der Waals surface area contributed by atoms with Crippen molar-refractivity contribution in [3.63, 3.8) is 0 Å². The Morgan fingerprint density at radius 3 is 2.79 bits per heavy atom. The van der Waals surface area contributed by atoms with E-state index in [-0.39, 0.29) is 24.4 Å². The number of halogens is 1. The largest absolute Gasteiger partial charge is 0.383 e. The number of nitrogens with zero attached hydrogens (tertiary/aromatic N) is 2. The molecule has 0 bridgehead atoms. The lowest BCUT2D eigenvalue weighted by molar-refractivity contribution is -0.120. The zero-order valence-electron chi connectivity index (χ0n) is 19.6. The maximum atomic E-state index is 12.8. The quantitative estimate of drug-likeness (QED) is 0.531. The summed E-state index contributed by atoms with van der Waals surface area (Å²) in [6, 6.07) is 6.78. The first-order valence-electron chi connectivity index (χ1n) is 12.0. The Kier molecular flexibility index (Phi) is 7.95. The Morgan fingerprint density at radius 2 is 2.09 bits per heavy atom. The van der Waals surface area contributed by atoms with Crippen molar-refractivity contribution < 1.29 is 19.1 Å². The van der Waals surface area contributed by atoms with E-state index >= 15 is 0 Å². The first kappa shape index (κ1) is 24.8. The molecule has 3 N–H and O–H groups in total. The Labute approximate surface area is 203 Å². The number of carbonyl (C=O) groups is 2. The molecule has 34 heavy (non-hydrogen) atoms. The van der Waals surface area contributed by atoms with Gasteiger partial charge in [-0.3, -0.25) is 14.5 Å². The molecule has 1 aliphatic carbocycles. The SMILES string of the molecule is CCc1cnc(C2(O)CCC(N3CC[C@@H](NC(=O)CNC(=O)c4cccc(CF)c4)C3)CC2)s1. The van der Waals surface area contributed by atoms with Crippen LogP contribution >= 0.6 is 11.3 Å². The van der Waals surface area contributed by atoms with Crippen LogP contribution in [0.3, 0.4) is 0 Å². The molecule has 2 fully saturated rings. The summed E-state index contributed by atoms with van der Waals surface area (Å²) in [7, 11) is 0. The van der Waals surface area contributed by atoms with Crippen LogP contribution in [0.4, 0.5) is 4.39 Å². The maximum absolute atomic E-state index is 12.8. The molecule has 2 amide bonds.